The van der Waals surface area contributed by atoms with Gasteiger partial charge in [0.2, 0.25) is 0 Å². The number of ether oxygens (including phenoxy) is 2. The first kappa shape index (κ1) is 47.5. The number of hydrogen-bond donors (Lipinski definition) is 1. The number of phosphoric ester groups is 1. The molecule has 60 heavy (non-hydrogen) atoms. The first-order valence-electron chi connectivity index (χ1n) is 23.0. The molecular formula is C52H73NO6P+. The quantitative estimate of drug-likeness (QED) is 0.0202. The molecule has 0 bridgehead atoms. The van der Waals surface area contributed by atoms with Crippen LogP contribution in [0, 0.1) is 0 Å². The smallest absolute Gasteiger partial charge is 0.397 e. The third-order valence-corrected chi connectivity index (χ3v) is 12.8. The minimum atomic E-state index is -4.65. The summed E-state index contributed by atoms with van der Waals surface area (Å²) in [6, 6.07) is 40.0. The third kappa shape index (κ3) is 14.8. The molecule has 0 spiro atoms. The average molecular weight is 839 g/mol. The summed E-state index contributed by atoms with van der Waals surface area (Å²) in [5.74, 6) is 0.407. The molecular weight excluding hydrogens is 766 g/mol. The monoisotopic (exact) mass is 839 g/mol. The topological polar surface area (TPSA) is 74.2 Å². The lowest BCUT2D eigenvalue weighted by molar-refractivity contribution is -0.857. The van der Waals surface area contributed by atoms with Crippen LogP contribution in [0.4, 0.5) is 0 Å². The molecule has 0 amide bonds. The molecule has 2 unspecified atom stereocenters. The highest BCUT2D eigenvalue weighted by molar-refractivity contribution is 7.47. The number of quaternary nitrogens is 1. The highest BCUT2D eigenvalue weighted by Crippen LogP contribution is 2.50. The van der Waals surface area contributed by atoms with Crippen LogP contribution in [-0.2, 0) is 28.7 Å². The second-order valence-corrected chi connectivity index (χ2v) is 18.4. The number of allylic oxidation sites excluding steroid dienone is 1. The summed E-state index contributed by atoms with van der Waals surface area (Å²) in [4.78, 5) is 11.5. The lowest BCUT2D eigenvalue weighted by Gasteiger charge is -2.39. The molecule has 1 aliphatic rings. The summed E-state index contributed by atoms with van der Waals surface area (Å²) < 4.78 is 40.5. The van der Waals surface area contributed by atoms with E-state index in [1.165, 1.54) is 77.0 Å². The van der Waals surface area contributed by atoms with E-state index in [2.05, 4.69) is 57.4 Å². The van der Waals surface area contributed by atoms with Gasteiger partial charge in [-0.2, -0.15) is 0 Å². The van der Waals surface area contributed by atoms with E-state index in [-0.39, 0.29) is 13.2 Å². The van der Waals surface area contributed by atoms with Gasteiger partial charge in [-0.25, -0.2) is 4.57 Å². The molecule has 4 aromatic rings. The number of rotatable bonds is 28. The number of unbranched alkanes of at least 4 members (excludes halogenated alkanes) is 13. The van der Waals surface area contributed by atoms with E-state index in [4.69, 9.17) is 18.5 Å². The average Bonchev–Trinajstić information content (AvgIpc) is 3.27. The van der Waals surface area contributed by atoms with Gasteiger partial charge in [-0.15, -0.1) is 0 Å². The van der Waals surface area contributed by atoms with Gasteiger partial charge in [-0.1, -0.05) is 212 Å². The van der Waals surface area contributed by atoms with E-state index in [1.807, 2.05) is 84.9 Å². The van der Waals surface area contributed by atoms with Crippen molar-refractivity contribution >= 4 is 13.6 Å². The van der Waals surface area contributed by atoms with Gasteiger partial charge in [0.25, 0.3) is 0 Å². The molecule has 0 aliphatic carbocycles. The van der Waals surface area contributed by atoms with E-state index in [9.17, 15) is 9.46 Å². The lowest BCUT2D eigenvalue weighted by atomic mass is 9.80. The van der Waals surface area contributed by atoms with Crippen LogP contribution in [0.25, 0.3) is 5.76 Å². The maximum Gasteiger partial charge on any atom is 0.527 e. The lowest BCUT2D eigenvalue weighted by Crippen LogP contribution is -2.42. The van der Waals surface area contributed by atoms with Gasteiger partial charge in [-0.05, 0) is 36.0 Å². The van der Waals surface area contributed by atoms with E-state index < -0.39 is 19.5 Å². The van der Waals surface area contributed by atoms with Crippen LogP contribution in [0.3, 0.4) is 0 Å². The molecule has 1 aliphatic heterocycles. The Morgan fingerprint density at radius 3 is 1.55 bits per heavy atom. The molecule has 326 valence electrons. The van der Waals surface area contributed by atoms with Crippen LogP contribution in [0.5, 0.6) is 0 Å². The van der Waals surface area contributed by atoms with Gasteiger partial charge < -0.3 is 14.0 Å². The summed E-state index contributed by atoms with van der Waals surface area (Å²) in [5.41, 5.74) is 3.44. The highest BCUT2D eigenvalue weighted by Gasteiger charge is 2.41. The summed E-state index contributed by atoms with van der Waals surface area (Å²) in [5, 5.41) is 0. The van der Waals surface area contributed by atoms with Crippen molar-refractivity contribution in [1.29, 1.82) is 0 Å². The fourth-order valence-electron chi connectivity index (χ4n) is 8.51. The summed E-state index contributed by atoms with van der Waals surface area (Å²) in [6.45, 7) is 3.70. The van der Waals surface area contributed by atoms with E-state index in [0.29, 0.717) is 16.8 Å². The van der Waals surface area contributed by atoms with E-state index in [1.54, 1.807) is 0 Å². The predicted octanol–water partition coefficient (Wildman–Crippen LogP) is 13.6. The van der Waals surface area contributed by atoms with Crippen LogP contribution in [0.2, 0.25) is 0 Å². The first-order chi connectivity index (χ1) is 29.2. The molecule has 0 saturated carbocycles. The van der Waals surface area contributed by atoms with Crippen LogP contribution in [0.1, 0.15) is 138 Å². The van der Waals surface area contributed by atoms with Gasteiger partial charge >= 0.3 is 7.82 Å². The van der Waals surface area contributed by atoms with E-state index >= 15 is 0 Å². The fraction of sp³-hybridized carbons (Fsp3) is 0.500. The van der Waals surface area contributed by atoms with Gasteiger partial charge in [0.05, 0.1) is 33.9 Å². The Balaban J connectivity index is 1.29. The number of likely N-dealkylation sites (tertiary alicyclic amines) is 1. The number of piperidine rings is 1. The standard InChI is InChI=1S/C52H72NO6P/c1-4-5-6-7-8-9-10-11-12-13-14-15-16-31-42-56-43-49(44-57-60(54,55)59-51(45-32-21-17-22-33-45)50-40-29-30-41-53(50,2)3)58-52(46-34-23-18-24-35-46,47-36-25-19-26-37-47)48-38-27-20-28-39-48/h17-28,32-39,49H,4-16,29-31,40-44H2,1-3H3/p+1. The summed E-state index contributed by atoms with van der Waals surface area (Å²) in [7, 11) is -0.403. The van der Waals surface area contributed by atoms with Crippen LogP contribution in [-0.4, -0.2) is 55.9 Å². The largest absolute Gasteiger partial charge is 0.527 e. The van der Waals surface area contributed by atoms with Gasteiger partial charge in [0.1, 0.15) is 11.7 Å². The van der Waals surface area contributed by atoms with Gasteiger partial charge in [-0.3, -0.25) is 13.9 Å². The molecule has 2 atom stereocenters. The second-order valence-electron chi connectivity index (χ2n) is 17.1. The highest BCUT2D eigenvalue weighted by atomic mass is 31.2. The number of phosphoric acid groups is 1. The summed E-state index contributed by atoms with van der Waals surface area (Å²) >= 11 is 0. The summed E-state index contributed by atoms with van der Waals surface area (Å²) in [6.07, 6.45) is 20.2. The van der Waals surface area contributed by atoms with Crippen molar-refractivity contribution in [3.63, 3.8) is 0 Å². The van der Waals surface area contributed by atoms with E-state index in [0.717, 1.165) is 66.6 Å². The number of benzene rings is 4. The molecule has 4 aromatic carbocycles. The second kappa shape index (κ2) is 25.4. The maximum absolute atomic E-state index is 14.1. The van der Waals surface area contributed by atoms with Gasteiger partial charge in [0, 0.05) is 18.6 Å². The molecule has 1 N–H and O–H groups in total. The Labute approximate surface area is 362 Å². The van der Waals surface area contributed by atoms with Crippen molar-refractivity contribution in [2.24, 2.45) is 0 Å². The molecule has 8 heteroatoms. The zero-order valence-electron chi connectivity index (χ0n) is 36.9. The van der Waals surface area contributed by atoms with Crippen molar-refractivity contribution in [3.8, 4) is 0 Å². The Morgan fingerprint density at radius 1 is 0.633 bits per heavy atom. The SMILES string of the molecule is CCCCCCCCCCCCCCCCOCC(COP(=O)(O)OC(=C1CCCC[N+]1(C)C)c1ccccc1)OC(c1ccccc1)(c1ccccc1)c1ccccc1. The maximum atomic E-state index is 14.1. The van der Waals surface area contributed by atoms with Crippen LogP contribution in [0.15, 0.2) is 127 Å². The van der Waals surface area contributed by atoms with Gasteiger partial charge in [0.15, 0.2) is 11.5 Å². The Hall–Kier alpha value is -3.55. The Kier molecular flexibility index (Phi) is 20.1. The molecule has 7 nitrogen and oxygen atoms in total. The molecule has 1 fully saturated rings. The minimum Gasteiger partial charge on any atom is -0.397 e. The van der Waals surface area contributed by atoms with Crippen molar-refractivity contribution in [1.82, 2.24) is 0 Å². The molecule has 5 rings (SSSR count). The Bertz CT molecular complexity index is 1740. The number of nitrogens with zero attached hydrogens (tertiary/aromatic N) is 1. The zero-order valence-corrected chi connectivity index (χ0v) is 37.8. The molecule has 0 radical (unpaired) electrons. The predicted molar refractivity (Wildman–Crippen MR) is 246 cm³/mol. The third-order valence-electron chi connectivity index (χ3n) is 11.9. The fourth-order valence-corrected chi connectivity index (χ4v) is 9.36. The zero-order chi connectivity index (χ0) is 42.4. The van der Waals surface area contributed by atoms with Crippen LogP contribution < -0.4 is 0 Å². The van der Waals surface area contributed by atoms with Crippen molar-refractivity contribution in [3.05, 3.63) is 149 Å². The number of hydrogen-bond acceptors (Lipinski definition) is 5. The van der Waals surface area contributed by atoms with Crippen molar-refractivity contribution in [2.45, 2.75) is 128 Å². The minimum absolute atomic E-state index is 0.170. The normalized spacial score (nSPS) is 16.5. The molecule has 1 saturated heterocycles. The Morgan fingerprint density at radius 2 is 1.08 bits per heavy atom. The first-order valence-corrected chi connectivity index (χ1v) is 24.5. The molecule has 1 heterocycles. The van der Waals surface area contributed by atoms with Crippen molar-refractivity contribution < 1.29 is 32.5 Å². The van der Waals surface area contributed by atoms with Crippen LogP contribution >= 0.6 is 7.82 Å². The van der Waals surface area contributed by atoms with Crippen molar-refractivity contribution in [2.75, 3.05) is 40.5 Å². The molecule has 0 aromatic heterocycles.